The molecule has 19 heavy (non-hydrogen) atoms. The molecule has 1 aromatic carbocycles. The van der Waals surface area contributed by atoms with Crippen LogP contribution in [0.3, 0.4) is 0 Å². The summed E-state index contributed by atoms with van der Waals surface area (Å²) in [6, 6.07) is 3.11. The Kier molecular flexibility index (Phi) is 5.07. The third-order valence-corrected chi connectivity index (χ3v) is 3.94. The number of benzene rings is 1. The summed E-state index contributed by atoms with van der Waals surface area (Å²) in [5.41, 5.74) is 0.330. The van der Waals surface area contributed by atoms with E-state index in [9.17, 15) is 9.90 Å². The molecule has 1 fully saturated rings. The number of aromatic hydroxyl groups is 1. The van der Waals surface area contributed by atoms with Crippen LogP contribution in [0.1, 0.15) is 19.3 Å². The van der Waals surface area contributed by atoms with Gasteiger partial charge in [0, 0.05) is 24.7 Å². The molecular formula is C13H15BrClNO3. The highest BCUT2D eigenvalue weighted by Gasteiger charge is 2.18. The van der Waals surface area contributed by atoms with Crippen molar-refractivity contribution in [1.82, 2.24) is 0 Å². The van der Waals surface area contributed by atoms with E-state index in [1.807, 2.05) is 0 Å². The lowest BCUT2D eigenvalue weighted by atomic mass is 9.96. The van der Waals surface area contributed by atoms with Crippen molar-refractivity contribution in [2.75, 3.05) is 18.5 Å². The van der Waals surface area contributed by atoms with Gasteiger partial charge in [0.15, 0.2) is 5.75 Å². The minimum absolute atomic E-state index is 0.00951. The van der Waals surface area contributed by atoms with Crippen LogP contribution in [-0.2, 0) is 9.53 Å². The zero-order chi connectivity index (χ0) is 13.8. The number of rotatable bonds is 3. The molecule has 0 atom stereocenters. The van der Waals surface area contributed by atoms with Gasteiger partial charge in [-0.1, -0.05) is 11.6 Å². The Hall–Kier alpha value is -0.780. The summed E-state index contributed by atoms with van der Waals surface area (Å²) in [7, 11) is 0. The van der Waals surface area contributed by atoms with Gasteiger partial charge < -0.3 is 15.2 Å². The van der Waals surface area contributed by atoms with Gasteiger partial charge in [-0.2, -0.15) is 0 Å². The number of carbonyl (C=O) groups excluding carboxylic acids is 1. The first-order chi connectivity index (χ1) is 9.06. The number of ether oxygens (including phenoxy) is 1. The Balaban J connectivity index is 1.98. The molecule has 1 aliphatic heterocycles. The van der Waals surface area contributed by atoms with E-state index in [0.29, 0.717) is 40.7 Å². The minimum Gasteiger partial charge on any atom is -0.505 e. The fourth-order valence-electron chi connectivity index (χ4n) is 2.08. The van der Waals surface area contributed by atoms with Crippen molar-refractivity contribution in [1.29, 1.82) is 0 Å². The van der Waals surface area contributed by atoms with E-state index in [1.54, 1.807) is 6.07 Å². The number of phenolic OH excluding ortho intramolecular Hbond substituents is 1. The topological polar surface area (TPSA) is 58.6 Å². The van der Waals surface area contributed by atoms with Gasteiger partial charge in [0.25, 0.3) is 0 Å². The molecule has 0 unspecified atom stereocenters. The van der Waals surface area contributed by atoms with Gasteiger partial charge in [-0.25, -0.2) is 0 Å². The molecule has 0 saturated carbocycles. The van der Waals surface area contributed by atoms with Crippen LogP contribution in [0.15, 0.2) is 16.6 Å². The zero-order valence-corrected chi connectivity index (χ0v) is 12.6. The van der Waals surface area contributed by atoms with Crippen molar-refractivity contribution in [3.8, 4) is 5.75 Å². The number of nitrogens with one attached hydrogen (secondary N) is 1. The summed E-state index contributed by atoms with van der Waals surface area (Å²) in [6.45, 7) is 1.43. The van der Waals surface area contributed by atoms with Crippen molar-refractivity contribution < 1.29 is 14.6 Å². The summed E-state index contributed by atoms with van der Waals surface area (Å²) < 4.78 is 5.71. The number of anilines is 1. The fourth-order valence-corrected chi connectivity index (χ4v) is 2.89. The fraction of sp³-hybridized carbons (Fsp3) is 0.462. The normalized spacial score (nSPS) is 16.3. The first kappa shape index (κ1) is 14.6. The van der Waals surface area contributed by atoms with Gasteiger partial charge in [0.2, 0.25) is 5.91 Å². The summed E-state index contributed by atoms with van der Waals surface area (Å²) in [6.07, 6.45) is 2.24. The van der Waals surface area contributed by atoms with Crippen molar-refractivity contribution >= 4 is 39.1 Å². The van der Waals surface area contributed by atoms with Crippen LogP contribution in [0.4, 0.5) is 5.69 Å². The number of amides is 1. The average Bonchev–Trinajstić information content (AvgIpc) is 2.36. The molecule has 1 aromatic rings. The van der Waals surface area contributed by atoms with E-state index < -0.39 is 0 Å². The Morgan fingerprint density at radius 2 is 2.16 bits per heavy atom. The van der Waals surface area contributed by atoms with Gasteiger partial charge in [-0.15, -0.1) is 0 Å². The van der Waals surface area contributed by atoms with Gasteiger partial charge in [0.05, 0.1) is 10.2 Å². The van der Waals surface area contributed by atoms with E-state index in [-0.39, 0.29) is 11.7 Å². The van der Waals surface area contributed by atoms with E-state index in [2.05, 4.69) is 21.2 Å². The van der Waals surface area contributed by atoms with Crippen LogP contribution in [-0.4, -0.2) is 24.2 Å². The largest absolute Gasteiger partial charge is 0.505 e. The van der Waals surface area contributed by atoms with Crippen LogP contribution in [0.25, 0.3) is 0 Å². The molecule has 1 heterocycles. The van der Waals surface area contributed by atoms with Crippen LogP contribution < -0.4 is 5.32 Å². The van der Waals surface area contributed by atoms with Gasteiger partial charge in [-0.3, -0.25) is 4.79 Å². The van der Waals surface area contributed by atoms with Crippen molar-refractivity contribution in [3.63, 3.8) is 0 Å². The molecule has 0 spiro atoms. The summed E-state index contributed by atoms with van der Waals surface area (Å²) in [4.78, 5) is 11.9. The number of hydrogen-bond acceptors (Lipinski definition) is 3. The van der Waals surface area contributed by atoms with Crippen LogP contribution in [0.2, 0.25) is 5.02 Å². The molecule has 2 rings (SSSR count). The average molecular weight is 349 g/mol. The number of phenols is 1. The van der Waals surface area contributed by atoms with E-state index >= 15 is 0 Å². The lowest BCUT2D eigenvalue weighted by Crippen LogP contribution is -2.22. The molecule has 4 nitrogen and oxygen atoms in total. The van der Waals surface area contributed by atoms with Crippen LogP contribution >= 0.6 is 27.5 Å². The smallest absolute Gasteiger partial charge is 0.224 e. The molecule has 1 aliphatic rings. The molecule has 1 saturated heterocycles. The van der Waals surface area contributed by atoms with E-state index in [4.69, 9.17) is 16.3 Å². The van der Waals surface area contributed by atoms with Gasteiger partial charge >= 0.3 is 0 Å². The van der Waals surface area contributed by atoms with E-state index in [1.165, 1.54) is 6.07 Å². The molecule has 0 aliphatic carbocycles. The monoisotopic (exact) mass is 347 g/mol. The predicted molar refractivity (Wildman–Crippen MR) is 77.6 cm³/mol. The van der Waals surface area contributed by atoms with Crippen molar-refractivity contribution in [2.24, 2.45) is 5.92 Å². The summed E-state index contributed by atoms with van der Waals surface area (Å²) >= 11 is 9.07. The Morgan fingerprint density at radius 1 is 1.47 bits per heavy atom. The highest BCUT2D eigenvalue weighted by Crippen LogP contribution is 2.35. The summed E-state index contributed by atoms with van der Waals surface area (Å²) in [5.74, 6) is 0.222. The van der Waals surface area contributed by atoms with Crippen LogP contribution in [0, 0.1) is 5.92 Å². The number of halogens is 2. The van der Waals surface area contributed by atoms with E-state index in [0.717, 1.165) is 12.8 Å². The maximum Gasteiger partial charge on any atom is 0.224 e. The van der Waals surface area contributed by atoms with Gasteiger partial charge in [0.1, 0.15) is 0 Å². The Morgan fingerprint density at radius 3 is 2.84 bits per heavy atom. The SMILES string of the molecule is O=C(CC1CCOCC1)Nc1cc(Cl)cc(Br)c1O. The zero-order valence-electron chi connectivity index (χ0n) is 10.3. The first-order valence-corrected chi connectivity index (χ1v) is 7.29. The van der Waals surface area contributed by atoms with Crippen LogP contribution in [0.5, 0.6) is 5.75 Å². The second kappa shape index (κ2) is 6.59. The van der Waals surface area contributed by atoms with Gasteiger partial charge in [-0.05, 0) is 46.8 Å². The second-order valence-corrected chi connectivity index (χ2v) is 5.88. The lowest BCUT2D eigenvalue weighted by Gasteiger charge is -2.21. The highest BCUT2D eigenvalue weighted by molar-refractivity contribution is 9.10. The molecule has 104 valence electrons. The Labute approximate surface area is 125 Å². The maximum atomic E-state index is 11.9. The third kappa shape index (κ3) is 4.09. The molecule has 6 heteroatoms. The molecule has 0 radical (unpaired) electrons. The Bertz CT molecular complexity index is 475. The molecular weight excluding hydrogens is 334 g/mol. The highest BCUT2D eigenvalue weighted by atomic mass is 79.9. The number of carbonyl (C=O) groups is 1. The standard InChI is InChI=1S/C13H15BrClNO3/c14-10-6-9(15)7-11(13(10)18)16-12(17)5-8-1-3-19-4-2-8/h6-8,18H,1-5H2,(H,16,17). The minimum atomic E-state index is -0.114. The quantitative estimate of drug-likeness (QED) is 0.821. The second-order valence-electron chi connectivity index (χ2n) is 4.59. The lowest BCUT2D eigenvalue weighted by molar-refractivity contribution is -0.117. The first-order valence-electron chi connectivity index (χ1n) is 6.12. The third-order valence-electron chi connectivity index (χ3n) is 3.12. The molecule has 2 N–H and O–H groups in total. The molecule has 0 aromatic heterocycles. The molecule has 1 amide bonds. The van der Waals surface area contributed by atoms with Crippen molar-refractivity contribution in [2.45, 2.75) is 19.3 Å². The molecule has 0 bridgehead atoms. The van der Waals surface area contributed by atoms with Crippen molar-refractivity contribution in [3.05, 3.63) is 21.6 Å². The summed E-state index contributed by atoms with van der Waals surface area (Å²) in [5, 5.41) is 13.0. The predicted octanol–water partition coefficient (Wildman–Crippen LogP) is 3.56. The number of hydrogen-bond donors (Lipinski definition) is 2. The maximum absolute atomic E-state index is 11.9.